The van der Waals surface area contributed by atoms with Crippen LogP contribution in [-0.2, 0) is 4.79 Å². The lowest BCUT2D eigenvalue weighted by molar-refractivity contribution is -0.393. The molecule has 0 radical (unpaired) electrons. The van der Waals surface area contributed by atoms with E-state index in [2.05, 4.69) is 10.5 Å². The molecule has 0 saturated heterocycles. The first kappa shape index (κ1) is 19.0. The third-order valence-electron chi connectivity index (χ3n) is 3.75. The molecule has 24 heavy (non-hydrogen) atoms. The molecule has 2 N–H and O–H groups in total. The molecule has 0 fully saturated rings. The van der Waals surface area contributed by atoms with Crippen LogP contribution < -0.4 is 5.43 Å². The zero-order valence-corrected chi connectivity index (χ0v) is 13.4. The summed E-state index contributed by atoms with van der Waals surface area (Å²) in [5.74, 6) is -1.24. The number of hydrogen-bond donors (Lipinski definition) is 2. The summed E-state index contributed by atoms with van der Waals surface area (Å²) in [6, 6.07) is 3.19. The minimum atomic E-state index is -0.916. The van der Waals surface area contributed by atoms with Crippen molar-refractivity contribution in [2.24, 2.45) is 16.9 Å². The molecule has 0 unspecified atom stereocenters. The van der Waals surface area contributed by atoms with Gasteiger partial charge in [-0.3, -0.25) is 30.4 Å². The van der Waals surface area contributed by atoms with E-state index in [1.807, 2.05) is 0 Å². The van der Waals surface area contributed by atoms with Crippen molar-refractivity contribution >= 4 is 28.7 Å². The topological polar surface area (TPSA) is 148 Å². The lowest BCUT2D eigenvalue weighted by Gasteiger charge is -2.18. The van der Waals surface area contributed by atoms with Crippen molar-refractivity contribution in [2.45, 2.75) is 27.2 Å². The van der Waals surface area contributed by atoms with E-state index in [4.69, 9.17) is 5.11 Å². The molecule has 0 saturated carbocycles. The summed E-state index contributed by atoms with van der Waals surface area (Å²) in [6.45, 7) is 5.25. The van der Waals surface area contributed by atoms with E-state index in [-0.39, 0.29) is 23.9 Å². The number of nitrogens with one attached hydrogen (secondary N) is 1. The quantitative estimate of drug-likeness (QED) is 0.420. The van der Waals surface area contributed by atoms with E-state index in [9.17, 15) is 25.0 Å². The summed E-state index contributed by atoms with van der Waals surface area (Å²) < 4.78 is 0. The van der Waals surface area contributed by atoms with Gasteiger partial charge in [0.2, 0.25) is 0 Å². The van der Waals surface area contributed by atoms with E-state index >= 15 is 0 Å². The highest BCUT2D eigenvalue weighted by atomic mass is 16.6. The molecule has 1 aromatic rings. The second-order valence-corrected chi connectivity index (χ2v) is 5.44. The number of benzene rings is 1. The Bertz CT molecular complexity index is 688. The summed E-state index contributed by atoms with van der Waals surface area (Å²) in [5.41, 5.74) is 2.25. The van der Waals surface area contributed by atoms with Crippen LogP contribution in [0.1, 0.15) is 27.2 Å². The van der Waals surface area contributed by atoms with Crippen molar-refractivity contribution in [1.29, 1.82) is 0 Å². The minimum absolute atomic E-state index is 0.0167. The zero-order valence-electron chi connectivity index (χ0n) is 13.4. The van der Waals surface area contributed by atoms with Gasteiger partial charge in [0.15, 0.2) is 0 Å². The number of carbonyl (C=O) groups is 1. The van der Waals surface area contributed by atoms with Crippen LogP contribution in [0.2, 0.25) is 0 Å². The average molecular weight is 338 g/mol. The van der Waals surface area contributed by atoms with Crippen LogP contribution in [0.4, 0.5) is 17.1 Å². The molecule has 0 bridgehead atoms. The maximum Gasteiger partial charge on any atom is 0.303 e. The van der Waals surface area contributed by atoms with Gasteiger partial charge in [-0.15, -0.1) is 0 Å². The second-order valence-electron chi connectivity index (χ2n) is 5.44. The van der Waals surface area contributed by atoms with E-state index < -0.39 is 27.2 Å². The number of non-ortho nitro benzene ring substituents is 1. The highest BCUT2D eigenvalue weighted by Crippen LogP contribution is 2.29. The molecule has 0 heterocycles. The number of nitro groups is 2. The van der Waals surface area contributed by atoms with Gasteiger partial charge in [0.25, 0.3) is 5.69 Å². The molecule has 1 aromatic carbocycles. The Balaban J connectivity index is 2.98. The second kappa shape index (κ2) is 7.99. The van der Waals surface area contributed by atoms with Gasteiger partial charge in [-0.2, -0.15) is 5.10 Å². The van der Waals surface area contributed by atoms with Gasteiger partial charge in [0.05, 0.1) is 15.9 Å². The number of anilines is 1. The Morgan fingerprint density at radius 2 is 1.92 bits per heavy atom. The Kier molecular flexibility index (Phi) is 6.33. The standard InChI is InChI=1S/C14H18N4O6/c1-8(6-14(19)20)9(2)10(3)15-16-12-5-4-11(17(21)22)7-13(12)18(23)24/h4-5,7-9,16H,6H2,1-3H3,(H,19,20)/b15-10-/t8-,9-/m1/s1. The highest BCUT2D eigenvalue weighted by Gasteiger charge is 2.21. The lowest BCUT2D eigenvalue weighted by atomic mass is 9.89. The van der Waals surface area contributed by atoms with Crippen molar-refractivity contribution in [3.8, 4) is 0 Å². The molecule has 0 spiro atoms. The van der Waals surface area contributed by atoms with Crippen LogP contribution >= 0.6 is 0 Å². The van der Waals surface area contributed by atoms with Gasteiger partial charge in [-0.05, 0) is 24.8 Å². The molecule has 10 heteroatoms. The van der Waals surface area contributed by atoms with E-state index in [1.165, 1.54) is 6.07 Å². The summed E-state index contributed by atoms with van der Waals surface area (Å²) in [6.07, 6.45) is -0.0221. The monoisotopic (exact) mass is 338 g/mol. The molecule has 0 aromatic heterocycles. The molecular formula is C14H18N4O6. The smallest absolute Gasteiger partial charge is 0.303 e. The summed E-state index contributed by atoms with van der Waals surface area (Å²) in [7, 11) is 0. The van der Waals surface area contributed by atoms with E-state index in [1.54, 1.807) is 20.8 Å². The summed E-state index contributed by atoms with van der Waals surface area (Å²) in [4.78, 5) is 31.0. The first-order valence-corrected chi connectivity index (χ1v) is 7.08. The Morgan fingerprint density at radius 1 is 1.29 bits per heavy atom. The van der Waals surface area contributed by atoms with Crippen LogP contribution in [-0.4, -0.2) is 26.6 Å². The number of hydrogen-bond acceptors (Lipinski definition) is 7. The molecule has 0 aliphatic carbocycles. The van der Waals surface area contributed by atoms with Gasteiger partial charge < -0.3 is 5.11 Å². The van der Waals surface area contributed by atoms with Crippen molar-refractivity contribution < 1.29 is 19.7 Å². The maximum absolute atomic E-state index is 11.0. The number of nitro benzene ring substituents is 2. The summed E-state index contributed by atoms with van der Waals surface area (Å²) >= 11 is 0. The Hall–Kier alpha value is -3.04. The fraction of sp³-hybridized carbons (Fsp3) is 0.429. The molecular weight excluding hydrogens is 320 g/mol. The third kappa shape index (κ3) is 5.00. The predicted octanol–water partition coefficient (Wildman–Crippen LogP) is 3.04. The number of carboxylic acid groups (broad SMARTS) is 1. The van der Waals surface area contributed by atoms with Gasteiger partial charge in [0, 0.05) is 18.2 Å². The van der Waals surface area contributed by atoms with Crippen LogP contribution in [0.3, 0.4) is 0 Å². The predicted molar refractivity (Wildman–Crippen MR) is 87.1 cm³/mol. The fourth-order valence-corrected chi connectivity index (χ4v) is 1.99. The van der Waals surface area contributed by atoms with Crippen molar-refractivity contribution in [3.63, 3.8) is 0 Å². The number of carboxylic acids is 1. The highest BCUT2D eigenvalue weighted by molar-refractivity contribution is 5.85. The fourth-order valence-electron chi connectivity index (χ4n) is 1.99. The molecule has 0 amide bonds. The van der Waals surface area contributed by atoms with Gasteiger partial charge in [-0.25, -0.2) is 0 Å². The number of aliphatic carboxylic acids is 1. The minimum Gasteiger partial charge on any atom is -0.481 e. The van der Waals surface area contributed by atoms with Crippen LogP contribution in [0.5, 0.6) is 0 Å². The van der Waals surface area contributed by atoms with Gasteiger partial charge in [0.1, 0.15) is 5.69 Å². The van der Waals surface area contributed by atoms with Crippen molar-refractivity contribution in [2.75, 3.05) is 5.43 Å². The molecule has 0 aliphatic heterocycles. The zero-order chi connectivity index (χ0) is 18.4. The van der Waals surface area contributed by atoms with Gasteiger partial charge in [-0.1, -0.05) is 13.8 Å². The number of nitrogens with zero attached hydrogens (tertiary/aromatic N) is 3. The Labute approximate surface area is 137 Å². The number of hydrazone groups is 1. The van der Waals surface area contributed by atoms with Crippen molar-refractivity contribution in [3.05, 3.63) is 38.4 Å². The largest absolute Gasteiger partial charge is 0.481 e. The SMILES string of the molecule is C/C(=N/Nc1ccc([N+](=O)[O-])cc1[N+](=O)[O-])[C@H](C)[C@H](C)CC(=O)O. The third-order valence-corrected chi connectivity index (χ3v) is 3.75. The normalized spacial score (nSPS) is 13.9. The molecule has 130 valence electrons. The maximum atomic E-state index is 11.0. The Morgan fingerprint density at radius 3 is 2.42 bits per heavy atom. The van der Waals surface area contributed by atoms with E-state index in [0.717, 1.165) is 12.1 Å². The van der Waals surface area contributed by atoms with Crippen LogP contribution in [0.25, 0.3) is 0 Å². The first-order chi connectivity index (χ1) is 11.1. The molecule has 0 aliphatic rings. The molecule has 10 nitrogen and oxygen atoms in total. The lowest BCUT2D eigenvalue weighted by Crippen LogP contribution is -2.20. The van der Waals surface area contributed by atoms with E-state index in [0.29, 0.717) is 5.71 Å². The summed E-state index contributed by atoms with van der Waals surface area (Å²) in [5, 5.41) is 34.6. The first-order valence-electron chi connectivity index (χ1n) is 7.08. The van der Waals surface area contributed by atoms with Gasteiger partial charge >= 0.3 is 11.7 Å². The van der Waals surface area contributed by atoms with Crippen LogP contribution in [0, 0.1) is 32.1 Å². The average Bonchev–Trinajstić information content (AvgIpc) is 2.50. The van der Waals surface area contributed by atoms with Crippen molar-refractivity contribution in [1.82, 2.24) is 0 Å². The molecule has 2 atom stereocenters. The number of rotatable bonds is 8. The molecule has 1 rings (SSSR count). The van der Waals surface area contributed by atoms with Crippen LogP contribution in [0.15, 0.2) is 23.3 Å².